The zero-order valence-electron chi connectivity index (χ0n) is 24.2. The van der Waals surface area contributed by atoms with Crippen LogP contribution in [-0.4, -0.2) is 62.8 Å². The zero-order valence-corrected chi connectivity index (χ0v) is 25.1. The smallest absolute Gasteiger partial charge is 0.317 e. The van der Waals surface area contributed by atoms with E-state index in [0.29, 0.717) is 49.6 Å². The SMILES string of the molecule is CC(C)CC(CS)C(=O)NCCN(Cc1ccc(-c2ccccc2-c2nnn[nH]2)cc1)C(=O)NCC1CCCCC1. The van der Waals surface area contributed by atoms with Gasteiger partial charge in [-0.25, -0.2) is 9.89 Å². The van der Waals surface area contributed by atoms with Crippen LogP contribution in [0.2, 0.25) is 0 Å². The number of nitrogens with one attached hydrogen (secondary N) is 3. The highest BCUT2D eigenvalue weighted by molar-refractivity contribution is 7.80. The average molecular weight is 578 g/mol. The molecule has 3 N–H and O–H groups in total. The molecule has 1 fully saturated rings. The summed E-state index contributed by atoms with van der Waals surface area (Å²) < 4.78 is 0. The number of carbonyl (C=O) groups is 2. The lowest BCUT2D eigenvalue weighted by Crippen LogP contribution is -2.45. The summed E-state index contributed by atoms with van der Waals surface area (Å²) in [5.41, 5.74) is 3.98. The second-order valence-electron chi connectivity index (χ2n) is 11.4. The Labute approximate surface area is 248 Å². The standard InChI is InChI=1S/C31H43N7O2S/c1-22(2)18-26(21-41)30(39)32-16-17-38(31(40)33-19-23-8-4-3-5-9-23)20-24-12-14-25(15-13-24)27-10-6-7-11-28(27)29-34-36-37-35-29/h6-7,10-15,22-23,26,41H,3-5,8-9,16-21H2,1-2H3,(H,32,39)(H,33,40)(H,34,35,36,37). The second-order valence-corrected chi connectivity index (χ2v) is 11.8. The lowest BCUT2D eigenvalue weighted by Gasteiger charge is -2.27. The van der Waals surface area contributed by atoms with Crippen molar-refractivity contribution < 1.29 is 9.59 Å². The van der Waals surface area contributed by atoms with E-state index in [4.69, 9.17) is 0 Å². The van der Waals surface area contributed by atoms with Crippen molar-refractivity contribution in [2.45, 2.75) is 58.9 Å². The minimum Gasteiger partial charge on any atom is -0.354 e. The number of benzene rings is 2. The molecular weight excluding hydrogens is 534 g/mol. The number of tetrazole rings is 1. The molecule has 0 radical (unpaired) electrons. The number of carbonyl (C=O) groups excluding carboxylic acids is 2. The Morgan fingerprint density at radius 2 is 1.76 bits per heavy atom. The van der Waals surface area contributed by atoms with Gasteiger partial charge in [0.05, 0.1) is 0 Å². The normalized spacial score (nSPS) is 14.5. The lowest BCUT2D eigenvalue weighted by molar-refractivity contribution is -0.124. The van der Waals surface area contributed by atoms with Gasteiger partial charge in [0.15, 0.2) is 5.82 Å². The molecule has 1 heterocycles. The fourth-order valence-electron chi connectivity index (χ4n) is 5.50. The van der Waals surface area contributed by atoms with E-state index in [1.54, 1.807) is 4.90 Å². The Morgan fingerprint density at radius 3 is 2.41 bits per heavy atom. The number of hydrogen-bond donors (Lipinski definition) is 4. The Balaban J connectivity index is 1.42. The molecule has 3 aromatic rings. The monoisotopic (exact) mass is 577 g/mol. The molecule has 2 aromatic carbocycles. The van der Waals surface area contributed by atoms with Gasteiger partial charge in [0.1, 0.15) is 0 Å². The quantitative estimate of drug-likeness (QED) is 0.205. The Hall–Kier alpha value is -3.40. The van der Waals surface area contributed by atoms with Crippen LogP contribution in [0.3, 0.4) is 0 Å². The largest absolute Gasteiger partial charge is 0.354 e. The third-order valence-corrected chi connectivity index (χ3v) is 8.19. The van der Waals surface area contributed by atoms with Crippen molar-refractivity contribution in [1.82, 2.24) is 36.2 Å². The number of aromatic nitrogens is 4. The third-order valence-electron chi connectivity index (χ3n) is 7.75. The fourth-order valence-corrected chi connectivity index (χ4v) is 5.82. The van der Waals surface area contributed by atoms with Crippen molar-refractivity contribution in [2.24, 2.45) is 17.8 Å². The van der Waals surface area contributed by atoms with E-state index in [1.165, 1.54) is 32.1 Å². The number of amides is 3. The average Bonchev–Trinajstić information content (AvgIpc) is 3.54. The van der Waals surface area contributed by atoms with Gasteiger partial charge in [-0.05, 0) is 58.2 Å². The number of rotatable bonds is 13. The highest BCUT2D eigenvalue weighted by Gasteiger charge is 2.21. The molecule has 1 atom stereocenters. The lowest BCUT2D eigenvalue weighted by atomic mass is 9.89. The minimum atomic E-state index is -0.130. The summed E-state index contributed by atoms with van der Waals surface area (Å²) in [5.74, 6) is 1.96. The van der Waals surface area contributed by atoms with Gasteiger partial charge < -0.3 is 15.5 Å². The predicted molar refractivity (Wildman–Crippen MR) is 165 cm³/mol. The maximum Gasteiger partial charge on any atom is 0.317 e. The molecular formula is C31H43N7O2S. The van der Waals surface area contributed by atoms with Crippen molar-refractivity contribution in [3.8, 4) is 22.5 Å². The van der Waals surface area contributed by atoms with Crippen molar-refractivity contribution in [2.75, 3.05) is 25.4 Å². The first-order valence-electron chi connectivity index (χ1n) is 14.8. The number of aromatic amines is 1. The molecule has 10 heteroatoms. The van der Waals surface area contributed by atoms with Crippen molar-refractivity contribution >= 4 is 24.6 Å². The van der Waals surface area contributed by atoms with Crippen LogP contribution in [0.1, 0.15) is 57.9 Å². The number of nitrogens with zero attached hydrogens (tertiary/aromatic N) is 4. The van der Waals surface area contributed by atoms with E-state index in [1.807, 2.05) is 36.4 Å². The van der Waals surface area contributed by atoms with Crippen LogP contribution < -0.4 is 10.6 Å². The van der Waals surface area contributed by atoms with E-state index >= 15 is 0 Å². The molecule has 1 saturated carbocycles. The topological polar surface area (TPSA) is 116 Å². The first-order chi connectivity index (χ1) is 19.9. The van der Waals surface area contributed by atoms with E-state index in [9.17, 15) is 9.59 Å². The van der Waals surface area contributed by atoms with E-state index in [2.05, 4.69) is 69.9 Å². The number of urea groups is 1. The molecule has 41 heavy (non-hydrogen) atoms. The molecule has 3 amide bonds. The summed E-state index contributed by atoms with van der Waals surface area (Å²) >= 11 is 4.38. The van der Waals surface area contributed by atoms with Crippen molar-refractivity contribution in [3.05, 3.63) is 54.1 Å². The van der Waals surface area contributed by atoms with Gasteiger partial charge in [0, 0.05) is 43.4 Å². The molecule has 1 aromatic heterocycles. The first kappa shape index (κ1) is 30.6. The maximum absolute atomic E-state index is 13.3. The molecule has 1 aliphatic carbocycles. The number of thiol groups is 1. The summed E-state index contributed by atoms with van der Waals surface area (Å²) in [6, 6.07) is 16.1. The molecule has 0 spiro atoms. The third kappa shape index (κ3) is 9.05. The van der Waals surface area contributed by atoms with E-state index in [-0.39, 0.29) is 17.9 Å². The van der Waals surface area contributed by atoms with Gasteiger partial charge in [-0.15, -0.1) is 5.10 Å². The van der Waals surface area contributed by atoms with E-state index < -0.39 is 0 Å². The Morgan fingerprint density at radius 1 is 1.02 bits per heavy atom. The van der Waals surface area contributed by atoms with Crippen LogP contribution in [0.15, 0.2) is 48.5 Å². The maximum atomic E-state index is 13.3. The molecule has 9 nitrogen and oxygen atoms in total. The van der Waals surface area contributed by atoms with Crippen LogP contribution in [-0.2, 0) is 11.3 Å². The van der Waals surface area contributed by atoms with Gasteiger partial charge in [-0.1, -0.05) is 81.6 Å². The molecule has 220 valence electrons. The second kappa shape index (κ2) is 15.6. The summed E-state index contributed by atoms with van der Waals surface area (Å²) in [4.78, 5) is 27.9. The molecule has 4 rings (SSSR count). The van der Waals surface area contributed by atoms with Crippen LogP contribution in [0.5, 0.6) is 0 Å². The van der Waals surface area contributed by atoms with Gasteiger partial charge >= 0.3 is 6.03 Å². The fraction of sp³-hybridized carbons (Fsp3) is 0.516. The zero-order chi connectivity index (χ0) is 29.0. The van der Waals surface area contributed by atoms with Gasteiger partial charge in [-0.3, -0.25) is 4.79 Å². The first-order valence-corrected chi connectivity index (χ1v) is 15.4. The summed E-state index contributed by atoms with van der Waals surface area (Å²) in [7, 11) is 0. The van der Waals surface area contributed by atoms with Crippen molar-refractivity contribution in [1.29, 1.82) is 0 Å². The molecule has 1 aliphatic rings. The molecule has 0 saturated heterocycles. The molecule has 1 unspecified atom stereocenters. The van der Waals surface area contributed by atoms with Gasteiger partial charge in [0.2, 0.25) is 5.91 Å². The summed E-state index contributed by atoms with van der Waals surface area (Å²) in [6.45, 7) is 6.18. The van der Waals surface area contributed by atoms with Crippen molar-refractivity contribution in [3.63, 3.8) is 0 Å². The molecule has 0 bridgehead atoms. The van der Waals surface area contributed by atoms with Gasteiger partial charge in [-0.2, -0.15) is 12.6 Å². The van der Waals surface area contributed by atoms with Crippen LogP contribution in [0.25, 0.3) is 22.5 Å². The van der Waals surface area contributed by atoms with Crippen LogP contribution in [0, 0.1) is 17.8 Å². The summed E-state index contributed by atoms with van der Waals surface area (Å²) in [5, 5.41) is 20.5. The predicted octanol–water partition coefficient (Wildman–Crippen LogP) is 5.33. The van der Waals surface area contributed by atoms with E-state index in [0.717, 1.165) is 28.7 Å². The Kier molecular flexibility index (Phi) is 11.6. The number of hydrogen-bond acceptors (Lipinski definition) is 6. The summed E-state index contributed by atoms with van der Waals surface area (Å²) in [6.07, 6.45) is 6.90. The Bertz CT molecular complexity index is 1230. The van der Waals surface area contributed by atoms with Crippen LogP contribution in [0.4, 0.5) is 4.79 Å². The highest BCUT2D eigenvalue weighted by atomic mass is 32.1. The van der Waals surface area contributed by atoms with Gasteiger partial charge in [0.25, 0.3) is 0 Å². The molecule has 0 aliphatic heterocycles. The van der Waals surface area contributed by atoms with Crippen LogP contribution >= 0.6 is 12.6 Å². The number of H-pyrrole nitrogens is 1. The minimum absolute atomic E-state index is 0.00115. The highest BCUT2D eigenvalue weighted by Crippen LogP contribution is 2.30.